The van der Waals surface area contributed by atoms with Gasteiger partial charge in [-0.15, -0.1) is 0 Å². The number of hydrogen-bond donors (Lipinski definition) is 4. The van der Waals surface area contributed by atoms with Crippen LogP contribution in [0.2, 0.25) is 0 Å². The van der Waals surface area contributed by atoms with Crippen molar-refractivity contribution in [2.24, 2.45) is 10.7 Å². The van der Waals surface area contributed by atoms with E-state index < -0.39 is 29.2 Å². The molecular weight excluding hydrogens is 492 g/mol. The van der Waals surface area contributed by atoms with Gasteiger partial charge in [-0.1, -0.05) is 24.3 Å². The van der Waals surface area contributed by atoms with Crippen molar-refractivity contribution in [3.05, 3.63) is 76.9 Å². The largest absolute Gasteiger partial charge is 0.454 e. The van der Waals surface area contributed by atoms with E-state index in [0.29, 0.717) is 5.69 Å². The fourth-order valence-corrected chi connectivity index (χ4v) is 4.37. The van der Waals surface area contributed by atoms with Crippen LogP contribution in [0.15, 0.2) is 64.9 Å². The third kappa shape index (κ3) is 5.91. The lowest BCUT2D eigenvalue weighted by molar-refractivity contribution is -0.129. The Labute approximate surface area is 210 Å². The predicted molar refractivity (Wildman–Crippen MR) is 130 cm³/mol. The number of para-hydroxylation sites is 1. The zero-order valence-corrected chi connectivity index (χ0v) is 19.9. The van der Waals surface area contributed by atoms with Crippen LogP contribution in [-0.4, -0.2) is 47.8 Å². The number of carbonyl (C=O) groups excluding carboxylic acids is 2. The van der Waals surface area contributed by atoms with E-state index in [4.69, 9.17) is 5.73 Å². The normalized spacial score (nSPS) is 21.5. The first-order valence-corrected chi connectivity index (χ1v) is 11.6. The highest BCUT2D eigenvalue weighted by Crippen LogP contribution is 2.26. The van der Waals surface area contributed by atoms with Gasteiger partial charge in [0.2, 0.25) is 0 Å². The quantitative estimate of drug-likeness (QED) is 0.266. The van der Waals surface area contributed by atoms with Crippen molar-refractivity contribution in [2.75, 3.05) is 12.4 Å². The average Bonchev–Trinajstić information content (AvgIpc) is 3.27. The highest BCUT2D eigenvalue weighted by atomic mass is 19.4. The highest BCUT2D eigenvalue weighted by Gasteiger charge is 2.40. The van der Waals surface area contributed by atoms with Gasteiger partial charge in [-0.2, -0.15) is 13.2 Å². The third-order valence-corrected chi connectivity index (χ3v) is 6.22. The Morgan fingerprint density at radius 3 is 2.59 bits per heavy atom. The minimum Gasteiger partial charge on any atom is -0.383 e. The van der Waals surface area contributed by atoms with Crippen LogP contribution >= 0.6 is 0 Å². The lowest BCUT2D eigenvalue weighted by Gasteiger charge is -2.30. The molecule has 1 saturated carbocycles. The number of amides is 1. The maximum absolute atomic E-state index is 14.4. The minimum atomic E-state index is -5.19. The molecule has 1 aliphatic carbocycles. The summed E-state index contributed by atoms with van der Waals surface area (Å²) in [5.74, 6) is -3.82. The number of likely N-dealkylation sites (N-methyl/N-ethyl adjacent to an activating group) is 1. The highest BCUT2D eigenvalue weighted by molar-refractivity contribution is 6.21. The van der Waals surface area contributed by atoms with Crippen molar-refractivity contribution in [2.45, 2.75) is 44.1 Å². The fourth-order valence-electron chi connectivity index (χ4n) is 4.37. The Kier molecular flexibility index (Phi) is 7.48. The Balaban J connectivity index is 1.68. The molecule has 0 radical (unpaired) electrons. The van der Waals surface area contributed by atoms with Crippen LogP contribution in [0, 0.1) is 5.82 Å². The van der Waals surface area contributed by atoms with Crippen LogP contribution in [0.4, 0.5) is 23.2 Å². The topological polar surface area (TPSA) is 112 Å². The maximum Gasteiger partial charge on any atom is 0.454 e. The molecule has 196 valence electrons. The van der Waals surface area contributed by atoms with Gasteiger partial charge in [0.05, 0.1) is 11.6 Å². The lowest BCUT2D eigenvalue weighted by Crippen LogP contribution is -2.52. The summed E-state index contributed by atoms with van der Waals surface area (Å²) in [5.41, 5.74) is 9.34. The number of ketones is 1. The van der Waals surface area contributed by atoms with Crippen molar-refractivity contribution in [3.8, 4) is 0 Å². The SMILES string of the molecule is CN1N[C@@H]2CCC[C@@H]2N=C(N)/C(=C(\NCc2ccc(C(=O)C(F)(F)F)c(F)c2)Nc2ccccc2)C1=O. The van der Waals surface area contributed by atoms with E-state index >= 15 is 0 Å². The Morgan fingerprint density at radius 2 is 1.92 bits per heavy atom. The summed E-state index contributed by atoms with van der Waals surface area (Å²) in [6.45, 7) is -0.0974. The average molecular weight is 519 g/mol. The molecule has 2 aromatic carbocycles. The summed E-state index contributed by atoms with van der Waals surface area (Å²) in [7, 11) is 1.59. The molecule has 0 aromatic heterocycles. The van der Waals surface area contributed by atoms with Gasteiger partial charge in [-0.3, -0.25) is 19.6 Å². The van der Waals surface area contributed by atoms with Crippen molar-refractivity contribution in [1.82, 2.24) is 15.8 Å². The number of nitrogens with one attached hydrogen (secondary N) is 3. The Morgan fingerprint density at radius 1 is 1.19 bits per heavy atom. The lowest BCUT2D eigenvalue weighted by atomic mass is 10.1. The molecule has 0 spiro atoms. The van der Waals surface area contributed by atoms with E-state index in [2.05, 4.69) is 21.1 Å². The molecule has 8 nitrogen and oxygen atoms in total. The summed E-state index contributed by atoms with van der Waals surface area (Å²) in [6, 6.07) is 11.6. The standard InChI is InChI=1S/C25H26F4N6O2/c1-35-24(37)20(22(30)33-18-8-5-9-19(18)34-35)23(32-15-6-3-2-4-7-15)31-13-14-10-11-16(17(26)12-14)21(36)25(27,28)29/h2-4,6-7,10-12,18-19,31-32,34H,5,8-9,13H2,1H3,(H2,30,33)/b23-20-/t18-,19+/m0/s1. The van der Waals surface area contributed by atoms with E-state index in [9.17, 15) is 27.2 Å². The number of fused-ring (bicyclic) bond motifs is 1. The van der Waals surface area contributed by atoms with Crippen LogP contribution < -0.4 is 21.8 Å². The summed E-state index contributed by atoms with van der Waals surface area (Å²) in [6.07, 6.45) is -2.59. The number of anilines is 1. The van der Waals surface area contributed by atoms with Gasteiger partial charge in [0, 0.05) is 25.3 Å². The zero-order valence-electron chi connectivity index (χ0n) is 19.9. The summed E-state index contributed by atoms with van der Waals surface area (Å²) in [4.78, 5) is 29.4. The molecule has 2 aromatic rings. The van der Waals surface area contributed by atoms with Crippen LogP contribution in [-0.2, 0) is 11.3 Å². The van der Waals surface area contributed by atoms with Gasteiger partial charge in [0.25, 0.3) is 11.7 Å². The summed E-state index contributed by atoms with van der Waals surface area (Å²) >= 11 is 0. The molecule has 0 saturated heterocycles. The second-order valence-electron chi connectivity index (χ2n) is 8.85. The first-order valence-electron chi connectivity index (χ1n) is 11.6. The number of hydrogen-bond acceptors (Lipinski definition) is 7. The number of amidine groups is 1. The molecule has 1 fully saturated rings. The molecule has 5 N–H and O–H groups in total. The number of rotatable bonds is 6. The molecule has 0 bridgehead atoms. The molecule has 1 amide bonds. The van der Waals surface area contributed by atoms with Crippen molar-refractivity contribution < 1.29 is 27.2 Å². The van der Waals surface area contributed by atoms with Crippen LogP contribution in [0.5, 0.6) is 0 Å². The molecule has 1 aliphatic heterocycles. The number of hydrazine groups is 1. The number of aliphatic imine (C=N–C) groups is 1. The summed E-state index contributed by atoms with van der Waals surface area (Å²) < 4.78 is 52.5. The van der Waals surface area contributed by atoms with Gasteiger partial charge in [0.15, 0.2) is 0 Å². The number of alkyl halides is 3. The smallest absolute Gasteiger partial charge is 0.383 e. The molecule has 0 unspecified atom stereocenters. The molecule has 1 heterocycles. The Bertz CT molecular complexity index is 1250. The fraction of sp³-hybridized carbons (Fsp3) is 0.320. The minimum absolute atomic E-state index is 0.0200. The summed E-state index contributed by atoms with van der Waals surface area (Å²) in [5, 5.41) is 7.47. The van der Waals surface area contributed by atoms with E-state index in [-0.39, 0.29) is 41.4 Å². The molecule has 2 aliphatic rings. The number of nitrogens with zero attached hydrogens (tertiary/aromatic N) is 2. The monoisotopic (exact) mass is 518 g/mol. The predicted octanol–water partition coefficient (Wildman–Crippen LogP) is 3.24. The molecule has 37 heavy (non-hydrogen) atoms. The number of carbonyl (C=O) groups is 2. The van der Waals surface area contributed by atoms with E-state index in [1.165, 1.54) is 11.1 Å². The second kappa shape index (κ2) is 10.6. The van der Waals surface area contributed by atoms with Gasteiger partial charge >= 0.3 is 6.18 Å². The van der Waals surface area contributed by atoms with Gasteiger partial charge < -0.3 is 16.4 Å². The maximum atomic E-state index is 14.4. The van der Waals surface area contributed by atoms with Gasteiger partial charge in [0.1, 0.15) is 23.0 Å². The molecule has 2 atom stereocenters. The van der Waals surface area contributed by atoms with Gasteiger partial charge in [-0.05, 0) is 49.1 Å². The first kappa shape index (κ1) is 26.1. The molecule has 4 rings (SSSR count). The van der Waals surface area contributed by atoms with E-state index in [1.54, 1.807) is 31.3 Å². The number of benzene rings is 2. The first-order chi connectivity index (χ1) is 17.5. The Hall–Kier alpha value is -3.93. The van der Waals surface area contributed by atoms with E-state index in [0.717, 1.165) is 31.4 Å². The third-order valence-electron chi connectivity index (χ3n) is 6.22. The van der Waals surface area contributed by atoms with Crippen LogP contribution in [0.1, 0.15) is 35.2 Å². The zero-order chi connectivity index (χ0) is 26.7. The van der Waals surface area contributed by atoms with Crippen LogP contribution in [0.25, 0.3) is 0 Å². The number of nitrogens with two attached hydrogens (primary N) is 1. The molecular formula is C25H26F4N6O2. The second-order valence-corrected chi connectivity index (χ2v) is 8.85. The van der Waals surface area contributed by atoms with E-state index in [1.807, 2.05) is 6.07 Å². The molecule has 12 heteroatoms. The van der Waals surface area contributed by atoms with Crippen LogP contribution in [0.3, 0.4) is 0 Å². The van der Waals surface area contributed by atoms with Crippen molar-refractivity contribution in [1.29, 1.82) is 0 Å². The number of halogens is 4. The van der Waals surface area contributed by atoms with Gasteiger partial charge in [-0.25, -0.2) is 9.82 Å². The number of Topliss-reactive ketones (excluding diaryl/α,β-unsaturated/α-hetero) is 1. The van der Waals surface area contributed by atoms with Crippen molar-refractivity contribution in [3.63, 3.8) is 0 Å². The van der Waals surface area contributed by atoms with Crippen molar-refractivity contribution >= 4 is 23.2 Å².